The number of benzene rings is 1. The molecule has 0 aromatic heterocycles. The molecule has 108 valence electrons. The van der Waals surface area contributed by atoms with Crippen LogP contribution in [0.5, 0.6) is 0 Å². The first-order chi connectivity index (χ1) is 8.81. The van der Waals surface area contributed by atoms with Crippen molar-refractivity contribution >= 4 is 0 Å². The third-order valence-electron chi connectivity index (χ3n) is 2.81. The zero-order chi connectivity index (χ0) is 14.5. The average Bonchev–Trinajstić information content (AvgIpc) is 2.29. The van der Waals surface area contributed by atoms with Crippen molar-refractivity contribution in [3.05, 3.63) is 35.4 Å². The van der Waals surface area contributed by atoms with Crippen LogP contribution in [0, 0.1) is 5.92 Å². The Labute approximate surface area is 112 Å². The minimum absolute atomic E-state index is 0.138. The van der Waals surface area contributed by atoms with Crippen molar-refractivity contribution in [1.82, 2.24) is 5.32 Å². The van der Waals surface area contributed by atoms with Crippen LogP contribution in [-0.2, 0) is 6.42 Å². The summed E-state index contributed by atoms with van der Waals surface area (Å²) < 4.78 is 36.5. The van der Waals surface area contributed by atoms with Crippen molar-refractivity contribution < 1.29 is 13.2 Å². The lowest BCUT2D eigenvalue weighted by Gasteiger charge is -2.19. The predicted octanol–water partition coefficient (Wildman–Crippen LogP) is 3.04. The first kappa shape index (κ1) is 16.0. The van der Waals surface area contributed by atoms with Gasteiger partial charge in [0.25, 0.3) is 0 Å². The largest absolute Gasteiger partial charge is 0.401 e. The summed E-state index contributed by atoms with van der Waals surface area (Å²) in [6, 6.07) is 7.13. The van der Waals surface area contributed by atoms with Gasteiger partial charge in [-0.3, -0.25) is 0 Å². The van der Waals surface area contributed by atoms with E-state index in [1.54, 1.807) is 0 Å². The Kier molecular flexibility index (Phi) is 5.82. The van der Waals surface area contributed by atoms with Gasteiger partial charge in [0, 0.05) is 12.6 Å². The molecule has 1 aromatic carbocycles. The van der Waals surface area contributed by atoms with Crippen LogP contribution in [0.15, 0.2) is 24.3 Å². The topological polar surface area (TPSA) is 38.0 Å². The van der Waals surface area contributed by atoms with Crippen LogP contribution in [0.2, 0.25) is 0 Å². The maximum atomic E-state index is 12.2. The SMILES string of the molecule is CC(C)Cc1ccc(C(CN)NCC(F)(F)F)cc1. The Morgan fingerprint density at radius 3 is 2.16 bits per heavy atom. The van der Waals surface area contributed by atoms with E-state index in [-0.39, 0.29) is 6.54 Å². The second-order valence-corrected chi connectivity index (χ2v) is 5.12. The summed E-state index contributed by atoms with van der Waals surface area (Å²) in [7, 11) is 0. The number of hydrogen-bond acceptors (Lipinski definition) is 2. The minimum Gasteiger partial charge on any atom is -0.329 e. The lowest BCUT2D eigenvalue weighted by Crippen LogP contribution is -2.35. The number of halogens is 3. The van der Waals surface area contributed by atoms with E-state index < -0.39 is 18.8 Å². The van der Waals surface area contributed by atoms with E-state index in [1.807, 2.05) is 24.3 Å². The van der Waals surface area contributed by atoms with Gasteiger partial charge >= 0.3 is 6.18 Å². The zero-order valence-electron chi connectivity index (χ0n) is 11.3. The first-order valence-corrected chi connectivity index (χ1v) is 6.41. The quantitative estimate of drug-likeness (QED) is 0.836. The summed E-state index contributed by atoms with van der Waals surface area (Å²) in [5, 5.41) is 2.44. The van der Waals surface area contributed by atoms with E-state index in [9.17, 15) is 13.2 Å². The molecular weight excluding hydrogens is 253 g/mol. The van der Waals surface area contributed by atoms with Crippen LogP contribution in [-0.4, -0.2) is 19.3 Å². The highest BCUT2D eigenvalue weighted by molar-refractivity contribution is 5.25. The van der Waals surface area contributed by atoms with E-state index >= 15 is 0 Å². The summed E-state index contributed by atoms with van der Waals surface area (Å²) in [5.74, 6) is 0.555. The molecule has 1 rings (SSSR count). The maximum absolute atomic E-state index is 12.2. The lowest BCUT2D eigenvalue weighted by molar-refractivity contribution is -0.126. The Morgan fingerprint density at radius 1 is 1.16 bits per heavy atom. The molecule has 0 saturated heterocycles. The molecule has 0 spiro atoms. The molecule has 0 aliphatic heterocycles. The molecule has 2 nitrogen and oxygen atoms in total. The molecule has 19 heavy (non-hydrogen) atoms. The Hall–Kier alpha value is -1.07. The molecule has 0 amide bonds. The molecule has 0 aliphatic carbocycles. The smallest absolute Gasteiger partial charge is 0.329 e. The van der Waals surface area contributed by atoms with Crippen LogP contribution >= 0.6 is 0 Å². The standard InChI is InChI=1S/C14H21F3N2/c1-10(2)7-11-3-5-12(6-4-11)13(8-18)19-9-14(15,16)17/h3-6,10,13,19H,7-9,18H2,1-2H3. The Morgan fingerprint density at radius 2 is 1.74 bits per heavy atom. The van der Waals surface area contributed by atoms with Gasteiger partial charge < -0.3 is 11.1 Å². The van der Waals surface area contributed by atoms with Crippen molar-refractivity contribution in [2.45, 2.75) is 32.5 Å². The summed E-state index contributed by atoms with van der Waals surface area (Å²) >= 11 is 0. The van der Waals surface area contributed by atoms with Gasteiger partial charge in [0.1, 0.15) is 0 Å². The normalized spacial score (nSPS) is 13.8. The number of hydrogen-bond donors (Lipinski definition) is 2. The highest BCUT2D eigenvalue weighted by Gasteiger charge is 2.28. The fraction of sp³-hybridized carbons (Fsp3) is 0.571. The minimum atomic E-state index is -4.22. The van der Waals surface area contributed by atoms with Gasteiger partial charge in [-0.05, 0) is 23.5 Å². The summed E-state index contributed by atoms with van der Waals surface area (Å²) in [6.07, 6.45) is -3.26. The highest BCUT2D eigenvalue weighted by atomic mass is 19.4. The van der Waals surface area contributed by atoms with Crippen LogP contribution in [0.1, 0.15) is 31.0 Å². The van der Waals surface area contributed by atoms with Gasteiger partial charge in [0.2, 0.25) is 0 Å². The van der Waals surface area contributed by atoms with E-state index in [1.165, 1.54) is 5.56 Å². The number of rotatable bonds is 6. The molecule has 0 fully saturated rings. The lowest BCUT2D eigenvalue weighted by atomic mass is 9.99. The van der Waals surface area contributed by atoms with Gasteiger partial charge in [-0.2, -0.15) is 13.2 Å². The van der Waals surface area contributed by atoms with Crippen molar-refractivity contribution in [2.75, 3.05) is 13.1 Å². The van der Waals surface area contributed by atoms with Crippen LogP contribution in [0.25, 0.3) is 0 Å². The van der Waals surface area contributed by atoms with E-state index in [0.29, 0.717) is 5.92 Å². The molecule has 3 N–H and O–H groups in total. The van der Waals surface area contributed by atoms with Gasteiger partial charge in [-0.1, -0.05) is 38.1 Å². The van der Waals surface area contributed by atoms with Crippen molar-refractivity contribution in [3.63, 3.8) is 0 Å². The number of alkyl halides is 3. The Balaban J connectivity index is 2.66. The molecule has 5 heteroatoms. The van der Waals surface area contributed by atoms with Crippen molar-refractivity contribution in [3.8, 4) is 0 Å². The molecule has 1 aromatic rings. The molecule has 0 bridgehead atoms. The first-order valence-electron chi connectivity index (χ1n) is 6.41. The number of nitrogens with one attached hydrogen (secondary N) is 1. The summed E-state index contributed by atoms with van der Waals surface area (Å²) in [6.45, 7) is 3.37. The fourth-order valence-electron chi connectivity index (χ4n) is 1.93. The molecule has 0 saturated carbocycles. The van der Waals surface area contributed by atoms with Crippen LogP contribution in [0.4, 0.5) is 13.2 Å². The average molecular weight is 274 g/mol. The Bertz CT molecular complexity index is 371. The van der Waals surface area contributed by atoms with E-state index in [2.05, 4.69) is 19.2 Å². The molecule has 1 atom stereocenters. The predicted molar refractivity (Wildman–Crippen MR) is 70.8 cm³/mol. The van der Waals surface area contributed by atoms with E-state index in [0.717, 1.165) is 12.0 Å². The molecule has 0 aliphatic rings. The van der Waals surface area contributed by atoms with Gasteiger partial charge in [-0.15, -0.1) is 0 Å². The van der Waals surface area contributed by atoms with Gasteiger partial charge in [0.05, 0.1) is 6.54 Å². The molecule has 1 unspecified atom stereocenters. The maximum Gasteiger partial charge on any atom is 0.401 e. The molecule has 0 radical (unpaired) electrons. The van der Waals surface area contributed by atoms with Crippen LogP contribution in [0.3, 0.4) is 0 Å². The third-order valence-corrected chi connectivity index (χ3v) is 2.81. The molecular formula is C14H21F3N2. The van der Waals surface area contributed by atoms with Gasteiger partial charge in [-0.25, -0.2) is 0 Å². The second-order valence-electron chi connectivity index (χ2n) is 5.12. The zero-order valence-corrected chi connectivity index (χ0v) is 11.3. The fourth-order valence-corrected chi connectivity index (χ4v) is 1.93. The van der Waals surface area contributed by atoms with Crippen LogP contribution < -0.4 is 11.1 Å². The number of nitrogens with two attached hydrogens (primary N) is 1. The van der Waals surface area contributed by atoms with Gasteiger partial charge in [0.15, 0.2) is 0 Å². The van der Waals surface area contributed by atoms with E-state index in [4.69, 9.17) is 5.73 Å². The van der Waals surface area contributed by atoms with Crippen molar-refractivity contribution in [1.29, 1.82) is 0 Å². The third kappa shape index (κ3) is 6.07. The summed E-state index contributed by atoms with van der Waals surface area (Å²) in [4.78, 5) is 0. The highest BCUT2D eigenvalue weighted by Crippen LogP contribution is 2.18. The van der Waals surface area contributed by atoms with Crippen molar-refractivity contribution in [2.24, 2.45) is 11.7 Å². The second kappa shape index (κ2) is 6.91. The summed E-state index contributed by atoms with van der Waals surface area (Å²) in [5.41, 5.74) is 7.50. The monoisotopic (exact) mass is 274 g/mol. The molecule has 0 heterocycles.